The molecular formula is C21H21ClN4O2. The Kier molecular flexibility index (Phi) is 6.81. The molecule has 2 N–H and O–H groups in total. The molecular weight excluding hydrogens is 376 g/mol. The number of benzene rings is 2. The van der Waals surface area contributed by atoms with Crippen molar-refractivity contribution in [3.05, 3.63) is 76.9 Å². The van der Waals surface area contributed by atoms with E-state index in [0.717, 1.165) is 17.0 Å². The maximum atomic E-state index is 12.2. The zero-order valence-corrected chi connectivity index (χ0v) is 16.2. The van der Waals surface area contributed by atoms with E-state index in [-0.39, 0.29) is 11.6 Å². The number of halogens is 1. The van der Waals surface area contributed by atoms with Crippen molar-refractivity contribution in [3.63, 3.8) is 0 Å². The second kappa shape index (κ2) is 9.71. The molecule has 1 aromatic heterocycles. The number of carbonyl (C=O) groups is 1. The Balaban J connectivity index is 1.55. The van der Waals surface area contributed by atoms with Crippen LogP contribution < -0.4 is 15.4 Å². The normalized spacial score (nSPS) is 10.4. The minimum Gasteiger partial charge on any atom is -0.492 e. The molecule has 1 heterocycles. The summed E-state index contributed by atoms with van der Waals surface area (Å²) in [5.74, 6) is 0.994. The van der Waals surface area contributed by atoms with Crippen molar-refractivity contribution in [1.29, 1.82) is 0 Å². The van der Waals surface area contributed by atoms with Gasteiger partial charge in [0.15, 0.2) is 11.5 Å². The summed E-state index contributed by atoms with van der Waals surface area (Å²) >= 11 is 5.96. The molecule has 0 spiro atoms. The number of carbonyl (C=O) groups excluding carboxylic acids is 1. The summed E-state index contributed by atoms with van der Waals surface area (Å²) in [6.07, 6.45) is 0.688. The zero-order chi connectivity index (χ0) is 19.8. The third kappa shape index (κ3) is 5.44. The monoisotopic (exact) mass is 396 g/mol. The van der Waals surface area contributed by atoms with Crippen molar-refractivity contribution in [1.82, 2.24) is 15.5 Å². The van der Waals surface area contributed by atoms with Crippen LogP contribution >= 0.6 is 11.6 Å². The molecule has 7 heteroatoms. The number of amides is 1. The molecule has 0 bridgehead atoms. The fourth-order valence-corrected chi connectivity index (χ4v) is 2.83. The summed E-state index contributed by atoms with van der Waals surface area (Å²) in [4.78, 5) is 12.2. The fourth-order valence-electron chi connectivity index (χ4n) is 2.61. The quantitative estimate of drug-likeness (QED) is 0.595. The van der Waals surface area contributed by atoms with Gasteiger partial charge in [0.1, 0.15) is 5.75 Å². The Hall–Kier alpha value is -3.12. The summed E-state index contributed by atoms with van der Waals surface area (Å²) in [5, 5.41) is 14.8. The highest BCUT2D eigenvalue weighted by Crippen LogP contribution is 2.26. The van der Waals surface area contributed by atoms with Crippen molar-refractivity contribution in [2.75, 3.05) is 18.5 Å². The van der Waals surface area contributed by atoms with Crippen LogP contribution in [0, 0.1) is 0 Å². The number of nitrogens with zero attached hydrogens (tertiary/aromatic N) is 2. The van der Waals surface area contributed by atoms with E-state index in [9.17, 15) is 4.79 Å². The van der Waals surface area contributed by atoms with E-state index in [1.807, 2.05) is 55.5 Å². The summed E-state index contributed by atoms with van der Waals surface area (Å²) in [5.41, 5.74) is 2.11. The smallest absolute Gasteiger partial charge is 0.271 e. The summed E-state index contributed by atoms with van der Waals surface area (Å²) < 4.78 is 5.58. The molecule has 2 aromatic carbocycles. The number of hydrogen-bond donors (Lipinski definition) is 2. The van der Waals surface area contributed by atoms with Crippen LogP contribution in [0.2, 0.25) is 5.02 Å². The van der Waals surface area contributed by atoms with Gasteiger partial charge in [0.25, 0.3) is 5.91 Å². The molecule has 1 amide bonds. The van der Waals surface area contributed by atoms with Crippen LogP contribution in [0.1, 0.15) is 23.0 Å². The number of anilines is 2. The first-order chi connectivity index (χ1) is 13.7. The van der Waals surface area contributed by atoms with Gasteiger partial charge in [-0.2, -0.15) is 0 Å². The van der Waals surface area contributed by atoms with Crippen LogP contribution in [0.25, 0.3) is 0 Å². The van der Waals surface area contributed by atoms with Crippen LogP contribution in [-0.2, 0) is 6.42 Å². The lowest BCUT2D eigenvalue weighted by Crippen LogP contribution is -2.26. The van der Waals surface area contributed by atoms with Crippen molar-refractivity contribution >= 4 is 29.0 Å². The third-order valence-corrected chi connectivity index (χ3v) is 4.17. The Bertz CT molecular complexity index is 932. The summed E-state index contributed by atoms with van der Waals surface area (Å²) in [7, 11) is 0. The molecule has 0 aliphatic rings. The number of rotatable bonds is 8. The first kappa shape index (κ1) is 19.6. The number of aromatic nitrogens is 2. The van der Waals surface area contributed by atoms with Crippen LogP contribution in [-0.4, -0.2) is 29.3 Å². The van der Waals surface area contributed by atoms with Gasteiger partial charge in [-0.05, 0) is 55.3 Å². The van der Waals surface area contributed by atoms with Gasteiger partial charge in [-0.1, -0.05) is 35.9 Å². The third-order valence-electron chi connectivity index (χ3n) is 3.94. The lowest BCUT2D eigenvalue weighted by Gasteiger charge is -2.11. The Labute approximate surface area is 168 Å². The average Bonchev–Trinajstić information content (AvgIpc) is 2.70. The van der Waals surface area contributed by atoms with Crippen molar-refractivity contribution < 1.29 is 9.53 Å². The number of nitrogens with one attached hydrogen (secondary N) is 2. The topological polar surface area (TPSA) is 76.1 Å². The number of para-hydroxylation sites is 2. The van der Waals surface area contributed by atoms with Gasteiger partial charge in [-0.15, -0.1) is 10.2 Å². The molecule has 0 aliphatic heterocycles. The number of ether oxygens (including phenoxy) is 1. The molecule has 3 aromatic rings. The summed E-state index contributed by atoms with van der Waals surface area (Å²) in [6, 6.07) is 18.5. The zero-order valence-electron chi connectivity index (χ0n) is 15.5. The molecule has 3 rings (SSSR count). The van der Waals surface area contributed by atoms with Gasteiger partial charge in [-0.25, -0.2) is 0 Å². The highest BCUT2D eigenvalue weighted by atomic mass is 35.5. The molecule has 0 saturated carbocycles. The second-order valence-electron chi connectivity index (χ2n) is 5.99. The second-order valence-corrected chi connectivity index (χ2v) is 6.43. The summed E-state index contributed by atoms with van der Waals surface area (Å²) in [6.45, 7) is 2.98. The van der Waals surface area contributed by atoms with Gasteiger partial charge in [0.2, 0.25) is 0 Å². The first-order valence-corrected chi connectivity index (χ1v) is 9.38. The van der Waals surface area contributed by atoms with Gasteiger partial charge in [0, 0.05) is 11.6 Å². The fraction of sp³-hybridized carbons (Fsp3) is 0.190. The van der Waals surface area contributed by atoms with Crippen molar-refractivity contribution in [3.8, 4) is 5.75 Å². The van der Waals surface area contributed by atoms with E-state index in [1.54, 1.807) is 12.1 Å². The molecule has 0 atom stereocenters. The van der Waals surface area contributed by atoms with Crippen molar-refractivity contribution in [2.24, 2.45) is 0 Å². The molecule has 0 aliphatic carbocycles. The van der Waals surface area contributed by atoms with Crippen LogP contribution in [0.5, 0.6) is 5.75 Å². The molecule has 0 unspecified atom stereocenters. The molecule has 0 fully saturated rings. The maximum absolute atomic E-state index is 12.2. The molecule has 0 saturated heterocycles. The Morgan fingerprint density at radius 1 is 1.07 bits per heavy atom. The van der Waals surface area contributed by atoms with E-state index in [1.165, 1.54) is 0 Å². The molecule has 0 radical (unpaired) electrons. The highest BCUT2D eigenvalue weighted by molar-refractivity contribution is 6.30. The molecule has 28 heavy (non-hydrogen) atoms. The van der Waals surface area contributed by atoms with Crippen LogP contribution in [0.15, 0.2) is 60.7 Å². The van der Waals surface area contributed by atoms with Crippen LogP contribution in [0.4, 0.5) is 11.5 Å². The average molecular weight is 397 g/mol. The van der Waals surface area contributed by atoms with E-state index in [2.05, 4.69) is 20.8 Å². The lowest BCUT2D eigenvalue weighted by molar-refractivity contribution is 0.0948. The van der Waals surface area contributed by atoms with Crippen LogP contribution in [0.3, 0.4) is 0 Å². The van der Waals surface area contributed by atoms with Gasteiger partial charge < -0.3 is 15.4 Å². The minimum absolute atomic E-state index is 0.259. The van der Waals surface area contributed by atoms with E-state index in [0.29, 0.717) is 30.4 Å². The number of hydrogen-bond acceptors (Lipinski definition) is 5. The maximum Gasteiger partial charge on any atom is 0.271 e. The standard InChI is InChI=1S/C21H21ClN4O2/c1-2-28-19-9-4-3-8-17(19)24-20-11-10-18(25-26-20)21(27)23-13-12-15-6-5-7-16(22)14-15/h3-11,14H,2,12-13H2,1H3,(H,23,27)(H,24,26). The van der Waals surface area contributed by atoms with E-state index in [4.69, 9.17) is 16.3 Å². The SMILES string of the molecule is CCOc1ccccc1Nc1ccc(C(=O)NCCc2cccc(Cl)c2)nn1. The molecule has 6 nitrogen and oxygen atoms in total. The first-order valence-electron chi connectivity index (χ1n) is 9.01. The predicted octanol–water partition coefficient (Wildman–Crippen LogP) is 4.24. The van der Waals surface area contributed by atoms with Crippen molar-refractivity contribution in [2.45, 2.75) is 13.3 Å². The van der Waals surface area contributed by atoms with E-state index >= 15 is 0 Å². The highest BCUT2D eigenvalue weighted by Gasteiger charge is 2.09. The van der Waals surface area contributed by atoms with Gasteiger partial charge >= 0.3 is 0 Å². The minimum atomic E-state index is -0.268. The lowest BCUT2D eigenvalue weighted by atomic mass is 10.1. The van der Waals surface area contributed by atoms with Gasteiger partial charge in [0.05, 0.1) is 12.3 Å². The van der Waals surface area contributed by atoms with Gasteiger partial charge in [-0.3, -0.25) is 4.79 Å². The molecule has 144 valence electrons. The van der Waals surface area contributed by atoms with E-state index < -0.39 is 0 Å². The predicted molar refractivity (Wildman–Crippen MR) is 110 cm³/mol. The Morgan fingerprint density at radius 3 is 2.68 bits per heavy atom. The largest absolute Gasteiger partial charge is 0.492 e. The Morgan fingerprint density at radius 2 is 1.93 bits per heavy atom.